The van der Waals surface area contributed by atoms with Gasteiger partial charge in [-0.15, -0.1) is 0 Å². The van der Waals surface area contributed by atoms with E-state index in [0.717, 1.165) is 24.3 Å². The van der Waals surface area contributed by atoms with Crippen LogP contribution in [0.15, 0.2) is 18.2 Å². The fourth-order valence-corrected chi connectivity index (χ4v) is 3.41. The molecule has 0 aliphatic carbocycles. The van der Waals surface area contributed by atoms with Crippen molar-refractivity contribution in [1.29, 1.82) is 0 Å². The van der Waals surface area contributed by atoms with Crippen LogP contribution in [-0.2, 0) is 6.42 Å². The van der Waals surface area contributed by atoms with Gasteiger partial charge in [-0.1, -0.05) is 24.6 Å². The Hall–Kier alpha value is -0.940. The van der Waals surface area contributed by atoms with Crippen LogP contribution >= 0.6 is 11.6 Å². The van der Waals surface area contributed by atoms with Crippen LogP contribution in [0.25, 0.3) is 0 Å². The first-order valence-electron chi connectivity index (χ1n) is 9.77. The highest BCUT2D eigenvalue weighted by atomic mass is 35.5. The first kappa shape index (κ1) is 23.1. The molecule has 0 bridgehead atoms. The van der Waals surface area contributed by atoms with Crippen LogP contribution in [0.1, 0.15) is 48.5 Å². The first-order chi connectivity index (χ1) is 12.5. The van der Waals surface area contributed by atoms with E-state index >= 15 is 0 Å². The van der Waals surface area contributed by atoms with Gasteiger partial charge >= 0.3 is 0 Å². The van der Waals surface area contributed by atoms with Crippen molar-refractivity contribution >= 4 is 17.9 Å². The fourth-order valence-electron chi connectivity index (χ4n) is 3.16. The molecule has 0 atom stereocenters. The molecule has 3 rings (SSSR count). The Morgan fingerprint density at radius 3 is 2.23 bits per heavy atom. The summed E-state index contributed by atoms with van der Waals surface area (Å²) in [6, 6.07) is 6.40. The molecule has 0 radical (unpaired) electrons. The number of carbonyl (C=O) groups excluding carboxylic acids is 1. The van der Waals surface area contributed by atoms with E-state index in [1.165, 1.54) is 51.9 Å². The summed E-state index contributed by atoms with van der Waals surface area (Å²) >= 11 is 5.78. The van der Waals surface area contributed by atoms with Gasteiger partial charge < -0.3 is 15.1 Å². The molecule has 0 amide bonds. The topological polar surface area (TPSA) is 35.6 Å². The Labute approximate surface area is 164 Å². The molecule has 26 heavy (non-hydrogen) atoms. The molecule has 0 spiro atoms. The lowest BCUT2D eigenvalue weighted by Crippen LogP contribution is -2.41. The van der Waals surface area contributed by atoms with Gasteiger partial charge in [0.25, 0.3) is 0 Å². The Morgan fingerprint density at radius 2 is 1.77 bits per heavy atom. The lowest BCUT2D eigenvalue weighted by atomic mass is 10.1. The van der Waals surface area contributed by atoms with Crippen LogP contribution in [0.2, 0.25) is 5.02 Å². The van der Waals surface area contributed by atoms with Crippen molar-refractivity contribution < 1.29 is 4.79 Å². The highest BCUT2D eigenvalue weighted by molar-refractivity contribution is 6.33. The number of benzene rings is 1. The van der Waals surface area contributed by atoms with Gasteiger partial charge in [0.2, 0.25) is 0 Å². The maximum atomic E-state index is 10.3. The Morgan fingerprint density at radius 1 is 1.19 bits per heavy atom. The molecule has 0 aromatic heterocycles. The fraction of sp³-hybridized carbons (Fsp3) is 0.667. The molecule has 4 nitrogen and oxygen atoms in total. The van der Waals surface area contributed by atoms with Gasteiger partial charge in [-0.05, 0) is 97.1 Å². The summed E-state index contributed by atoms with van der Waals surface area (Å²) in [6.45, 7) is 7.25. The molecule has 5 heteroatoms. The molecule has 2 aliphatic heterocycles. The second-order valence-electron chi connectivity index (χ2n) is 7.39. The minimum Gasteiger partial charge on any atom is -0.317 e. The van der Waals surface area contributed by atoms with Gasteiger partial charge in [-0.2, -0.15) is 0 Å². The van der Waals surface area contributed by atoms with E-state index in [-0.39, 0.29) is 0 Å². The van der Waals surface area contributed by atoms with Crippen LogP contribution in [0.3, 0.4) is 0 Å². The Balaban J connectivity index is 0.000000217. The third-order valence-electron chi connectivity index (χ3n) is 4.57. The van der Waals surface area contributed by atoms with Gasteiger partial charge in [0.1, 0.15) is 0 Å². The highest BCUT2D eigenvalue weighted by Crippen LogP contribution is 2.18. The zero-order chi connectivity index (χ0) is 19.4. The second kappa shape index (κ2) is 13.3. The second-order valence-corrected chi connectivity index (χ2v) is 7.80. The zero-order valence-electron chi connectivity index (χ0n) is 16.9. The van der Waals surface area contributed by atoms with E-state index in [2.05, 4.69) is 10.2 Å². The van der Waals surface area contributed by atoms with Gasteiger partial charge in [0.15, 0.2) is 6.29 Å². The van der Waals surface area contributed by atoms with Gasteiger partial charge in [0.05, 0.1) is 5.02 Å². The SMILES string of the molecule is C1CCN(C2CCNCC2)C1.CCc1ccc(C=O)c(Cl)c1.CN(C)C. The maximum absolute atomic E-state index is 10.3. The quantitative estimate of drug-likeness (QED) is 0.809. The molecular formula is C21H36ClN3O. The Bertz CT molecular complexity index is 507. The van der Waals surface area contributed by atoms with E-state index in [9.17, 15) is 4.79 Å². The van der Waals surface area contributed by atoms with E-state index in [1.54, 1.807) is 6.07 Å². The number of aryl methyl sites for hydroxylation is 1. The number of rotatable bonds is 3. The molecule has 2 heterocycles. The average Bonchev–Trinajstić information content (AvgIpc) is 3.17. The van der Waals surface area contributed by atoms with Gasteiger partial charge in [-0.25, -0.2) is 0 Å². The average molecular weight is 382 g/mol. The van der Waals surface area contributed by atoms with Gasteiger partial charge in [-0.3, -0.25) is 4.79 Å². The van der Waals surface area contributed by atoms with Crippen LogP contribution < -0.4 is 5.32 Å². The summed E-state index contributed by atoms with van der Waals surface area (Å²) in [5.41, 5.74) is 1.71. The lowest BCUT2D eigenvalue weighted by Gasteiger charge is -2.31. The van der Waals surface area contributed by atoms with Gasteiger partial charge in [0, 0.05) is 11.6 Å². The standard InChI is InChI=1S/C9H9ClO.C9H18N2.C3H9N/c1-2-7-3-4-8(6-11)9(10)5-7;1-2-8-11(7-1)9-3-5-10-6-4-9;1-4(2)3/h3-6H,2H2,1H3;9-10H,1-8H2;1-3H3. The van der Waals surface area contributed by atoms with Crippen molar-refractivity contribution in [2.45, 2.75) is 45.1 Å². The molecule has 0 saturated carbocycles. The lowest BCUT2D eigenvalue weighted by molar-refractivity contribution is 0.112. The molecular weight excluding hydrogens is 346 g/mol. The van der Waals surface area contributed by atoms with Crippen molar-refractivity contribution in [3.63, 3.8) is 0 Å². The van der Waals surface area contributed by atoms with Crippen molar-refractivity contribution in [1.82, 2.24) is 15.1 Å². The number of nitrogens with one attached hydrogen (secondary N) is 1. The number of hydrogen-bond donors (Lipinski definition) is 1. The van der Waals surface area contributed by atoms with E-state index in [4.69, 9.17) is 11.6 Å². The summed E-state index contributed by atoms with van der Waals surface area (Å²) < 4.78 is 0. The molecule has 0 unspecified atom stereocenters. The van der Waals surface area contributed by atoms with Crippen LogP contribution in [0.4, 0.5) is 0 Å². The summed E-state index contributed by atoms with van der Waals surface area (Å²) in [5.74, 6) is 0. The summed E-state index contributed by atoms with van der Waals surface area (Å²) in [7, 11) is 6.00. The van der Waals surface area contributed by atoms with E-state index < -0.39 is 0 Å². The van der Waals surface area contributed by atoms with Crippen molar-refractivity contribution in [3.05, 3.63) is 34.3 Å². The number of halogens is 1. The number of aldehydes is 1. The number of carbonyl (C=O) groups is 1. The smallest absolute Gasteiger partial charge is 0.151 e. The number of piperidine rings is 1. The molecule has 148 valence electrons. The predicted octanol–water partition coefficient (Wildman–Crippen LogP) is 3.73. The highest BCUT2D eigenvalue weighted by Gasteiger charge is 2.22. The molecule has 2 aliphatic rings. The molecule has 2 saturated heterocycles. The van der Waals surface area contributed by atoms with Crippen LogP contribution in [0, 0.1) is 0 Å². The van der Waals surface area contributed by atoms with Crippen LogP contribution in [-0.4, -0.2) is 69.4 Å². The minimum absolute atomic E-state index is 0.541. The molecule has 2 fully saturated rings. The monoisotopic (exact) mass is 381 g/mol. The third kappa shape index (κ3) is 9.13. The predicted molar refractivity (Wildman–Crippen MR) is 113 cm³/mol. The molecule has 1 N–H and O–H groups in total. The first-order valence-corrected chi connectivity index (χ1v) is 10.1. The normalized spacial score (nSPS) is 17.9. The maximum Gasteiger partial charge on any atom is 0.151 e. The third-order valence-corrected chi connectivity index (χ3v) is 4.89. The largest absolute Gasteiger partial charge is 0.317 e. The zero-order valence-corrected chi connectivity index (χ0v) is 17.7. The molecule has 1 aromatic carbocycles. The summed E-state index contributed by atoms with van der Waals surface area (Å²) in [6.07, 6.45) is 7.33. The van der Waals surface area contributed by atoms with E-state index in [1.807, 2.05) is 45.1 Å². The number of hydrogen-bond acceptors (Lipinski definition) is 4. The van der Waals surface area contributed by atoms with Crippen LogP contribution in [0.5, 0.6) is 0 Å². The number of likely N-dealkylation sites (tertiary alicyclic amines) is 1. The van der Waals surface area contributed by atoms with E-state index in [0.29, 0.717) is 10.6 Å². The number of nitrogens with zero attached hydrogens (tertiary/aromatic N) is 2. The summed E-state index contributed by atoms with van der Waals surface area (Å²) in [5, 5.41) is 3.95. The van der Waals surface area contributed by atoms with Crippen molar-refractivity contribution in [2.24, 2.45) is 0 Å². The van der Waals surface area contributed by atoms with Crippen molar-refractivity contribution in [2.75, 3.05) is 47.3 Å². The Kier molecular flexibility index (Phi) is 11.8. The minimum atomic E-state index is 0.541. The molecule has 1 aromatic rings. The van der Waals surface area contributed by atoms with Crippen molar-refractivity contribution in [3.8, 4) is 0 Å². The summed E-state index contributed by atoms with van der Waals surface area (Å²) in [4.78, 5) is 15.0.